The highest BCUT2D eigenvalue weighted by Gasteiger charge is 2.10. The number of nitrogens with zero attached hydrogens (tertiary/aromatic N) is 1. The third kappa shape index (κ3) is 3.23. The fraction of sp³-hybridized carbons (Fsp3) is 0.0769. The summed E-state index contributed by atoms with van der Waals surface area (Å²) >= 11 is 3.11. The summed E-state index contributed by atoms with van der Waals surface area (Å²) in [7, 11) is 0. The molecule has 0 fully saturated rings. The number of para-hydroxylation sites is 1. The molecule has 0 unspecified atom stereocenters. The number of nitrogens with one attached hydrogen (secondary N) is 1. The number of carbonyl (C=O) groups is 1. The molecular formula is C13H11BrN2O3. The predicted molar refractivity (Wildman–Crippen MR) is 74.2 cm³/mol. The summed E-state index contributed by atoms with van der Waals surface area (Å²) in [4.78, 5) is 11.7. The van der Waals surface area contributed by atoms with Crippen LogP contribution < -0.4 is 5.43 Å². The Morgan fingerprint density at radius 1 is 1.32 bits per heavy atom. The summed E-state index contributed by atoms with van der Waals surface area (Å²) in [6.45, 7) is 1.69. The molecule has 0 saturated heterocycles. The average molecular weight is 323 g/mol. The predicted octanol–water partition coefficient (Wildman–Crippen LogP) is 2.90. The van der Waals surface area contributed by atoms with Gasteiger partial charge in [0, 0.05) is 5.56 Å². The lowest BCUT2D eigenvalue weighted by atomic mass is 10.1. The largest absolute Gasteiger partial charge is 0.507 e. The number of rotatable bonds is 3. The molecule has 1 heterocycles. The number of phenolic OH excluding ortho intramolecular Hbond substituents is 1. The number of amides is 1. The quantitative estimate of drug-likeness (QED) is 0.674. The molecule has 98 valence electrons. The Morgan fingerprint density at radius 2 is 2.05 bits per heavy atom. The van der Waals surface area contributed by atoms with E-state index in [1.54, 1.807) is 37.3 Å². The van der Waals surface area contributed by atoms with Gasteiger partial charge in [0.25, 0.3) is 0 Å². The van der Waals surface area contributed by atoms with Crippen LogP contribution in [-0.4, -0.2) is 16.7 Å². The van der Waals surface area contributed by atoms with Crippen LogP contribution in [0.25, 0.3) is 0 Å². The molecule has 0 bridgehead atoms. The zero-order valence-corrected chi connectivity index (χ0v) is 11.6. The van der Waals surface area contributed by atoms with Crippen LogP contribution in [0.2, 0.25) is 0 Å². The van der Waals surface area contributed by atoms with Gasteiger partial charge >= 0.3 is 5.91 Å². The number of hydrogen-bond donors (Lipinski definition) is 2. The second-order valence-corrected chi connectivity index (χ2v) is 4.54. The fourth-order valence-corrected chi connectivity index (χ4v) is 1.77. The molecule has 0 aliphatic rings. The maximum atomic E-state index is 11.7. The van der Waals surface area contributed by atoms with Crippen molar-refractivity contribution < 1.29 is 14.3 Å². The standard InChI is InChI=1S/C13H11BrN2O3/c1-8(9-4-2-3-5-10(9)17)15-16-13(18)11-6-7-12(14)19-11/h2-7,17H,1H3,(H,16,18)/b15-8-. The van der Waals surface area contributed by atoms with E-state index in [-0.39, 0.29) is 11.5 Å². The third-order valence-corrected chi connectivity index (χ3v) is 2.84. The minimum atomic E-state index is -0.458. The first-order chi connectivity index (χ1) is 9.08. The summed E-state index contributed by atoms with van der Waals surface area (Å²) in [5.41, 5.74) is 3.42. The highest BCUT2D eigenvalue weighted by atomic mass is 79.9. The van der Waals surface area contributed by atoms with Crippen molar-refractivity contribution in [3.05, 3.63) is 52.4 Å². The molecule has 2 aromatic rings. The molecule has 0 radical (unpaired) electrons. The third-order valence-electron chi connectivity index (χ3n) is 2.42. The van der Waals surface area contributed by atoms with E-state index in [4.69, 9.17) is 4.42 Å². The van der Waals surface area contributed by atoms with Gasteiger partial charge in [0.2, 0.25) is 0 Å². The normalized spacial score (nSPS) is 11.4. The maximum Gasteiger partial charge on any atom is 0.307 e. The number of hydrogen-bond acceptors (Lipinski definition) is 4. The number of aromatic hydroxyl groups is 1. The molecule has 1 aromatic heterocycles. The minimum Gasteiger partial charge on any atom is -0.507 e. The van der Waals surface area contributed by atoms with Gasteiger partial charge < -0.3 is 9.52 Å². The van der Waals surface area contributed by atoms with Gasteiger partial charge in [0.15, 0.2) is 10.4 Å². The van der Waals surface area contributed by atoms with Crippen molar-refractivity contribution in [1.29, 1.82) is 0 Å². The monoisotopic (exact) mass is 322 g/mol. The van der Waals surface area contributed by atoms with E-state index < -0.39 is 5.91 Å². The van der Waals surface area contributed by atoms with Crippen LogP contribution in [0.15, 0.2) is 50.6 Å². The lowest BCUT2D eigenvalue weighted by molar-refractivity contribution is 0.0926. The van der Waals surface area contributed by atoms with E-state index in [0.29, 0.717) is 15.9 Å². The van der Waals surface area contributed by atoms with Crippen LogP contribution in [0.1, 0.15) is 23.0 Å². The van der Waals surface area contributed by atoms with Gasteiger partial charge in [-0.1, -0.05) is 12.1 Å². The first-order valence-electron chi connectivity index (χ1n) is 5.46. The molecule has 2 N–H and O–H groups in total. The molecular weight excluding hydrogens is 312 g/mol. The molecule has 0 spiro atoms. The van der Waals surface area contributed by atoms with Crippen molar-refractivity contribution >= 4 is 27.5 Å². The van der Waals surface area contributed by atoms with Crippen LogP contribution in [0, 0.1) is 0 Å². The zero-order chi connectivity index (χ0) is 13.8. The summed E-state index contributed by atoms with van der Waals surface area (Å²) in [6.07, 6.45) is 0. The average Bonchev–Trinajstić information content (AvgIpc) is 2.83. The van der Waals surface area contributed by atoms with Crippen molar-refractivity contribution in [2.24, 2.45) is 5.10 Å². The topological polar surface area (TPSA) is 74.8 Å². The number of phenols is 1. The molecule has 0 saturated carbocycles. The number of furan rings is 1. The Labute approximate surface area is 118 Å². The second kappa shape index (κ2) is 5.71. The first kappa shape index (κ1) is 13.4. The van der Waals surface area contributed by atoms with Crippen molar-refractivity contribution in [2.45, 2.75) is 6.92 Å². The summed E-state index contributed by atoms with van der Waals surface area (Å²) in [5, 5.41) is 13.6. The van der Waals surface area contributed by atoms with Gasteiger partial charge in [0.1, 0.15) is 5.75 Å². The van der Waals surface area contributed by atoms with Crippen molar-refractivity contribution in [3.63, 3.8) is 0 Å². The summed E-state index contributed by atoms with van der Waals surface area (Å²) < 4.78 is 5.56. The maximum absolute atomic E-state index is 11.7. The van der Waals surface area contributed by atoms with Crippen LogP contribution in [-0.2, 0) is 0 Å². The molecule has 2 rings (SSSR count). The van der Waals surface area contributed by atoms with Gasteiger partial charge in [-0.25, -0.2) is 5.43 Å². The Balaban J connectivity index is 2.11. The van der Waals surface area contributed by atoms with E-state index in [9.17, 15) is 9.90 Å². The SMILES string of the molecule is C/C(=N/NC(=O)c1ccc(Br)o1)c1ccccc1O. The lowest BCUT2D eigenvalue weighted by Gasteiger charge is -2.03. The van der Waals surface area contributed by atoms with Crippen molar-refractivity contribution in [3.8, 4) is 5.75 Å². The molecule has 5 nitrogen and oxygen atoms in total. The van der Waals surface area contributed by atoms with Crippen molar-refractivity contribution in [2.75, 3.05) is 0 Å². The van der Waals surface area contributed by atoms with Gasteiger partial charge in [-0.15, -0.1) is 0 Å². The van der Waals surface area contributed by atoms with Gasteiger partial charge in [0.05, 0.1) is 5.71 Å². The van der Waals surface area contributed by atoms with E-state index in [1.807, 2.05) is 0 Å². The molecule has 6 heteroatoms. The van der Waals surface area contributed by atoms with E-state index in [0.717, 1.165) is 0 Å². The number of hydrazone groups is 1. The molecule has 19 heavy (non-hydrogen) atoms. The molecule has 0 aliphatic heterocycles. The van der Waals surface area contributed by atoms with E-state index in [2.05, 4.69) is 26.5 Å². The highest BCUT2D eigenvalue weighted by molar-refractivity contribution is 9.10. The fourth-order valence-electron chi connectivity index (χ4n) is 1.47. The van der Waals surface area contributed by atoms with Crippen LogP contribution in [0.5, 0.6) is 5.75 Å². The Morgan fingerprint density at radius 3 is 2.68 bits per heavy atom. The first-order valence-corrected chi connectivity index (χ1v) is 6.25. The number of benzene rings is 1. The lowest BCUT2D eigenvalue weighted by Crippen LogP contribution is -2.18. The van der Waals surface area contributed by atoms with E-state index >= 15 is 0 Å². The second-order valence-electron chi connectivity index (χ2n) is 3.76. The van der Waals surface area contributed by atoms with Crippen LogP contribution in [0.3, 0.4) is 0 Å². The summed E-state index contributed by atoms with van der Waals surface area (Å²) in [6, 6.07) is 9.91. The minimum absolute atomic E-state index is 0.110. The highest BCUT2D eigenvalue weighted by Crippen LogP contribution is 2.16. The number of halogens is 1. The molecule has 1 amide bonds. The van der Waals surface area contributed by atoms with Gasteiger partial charge in [-0.05, 0) is 47.1 Å². The van der Waals surface area contributed by atoms with Crippen molar-refractivity contribution in [1.82, 2.24) is 5.43 Å². The Kier molecular flexibility index (Phi) is 4.01. The smallest absolute Gasteiger partial charge is 0.307 e. The van der Waals surface area contributed by atoms with Crippen LogP contribution in [0.4, 0.5) is 0 Å². The Hall–Kier alpha value is -2.08. The summed E-state index contributed by atoms with van der Waals surface area (Å²) in [5.74, 6) is -0.195. The Bertz CT molecular complexity index is 634. The van der Waals surface area contributed by atoms with Crippen LogP contribution >= 0.6 is 15.9 Å². The molecule has 1 aromatic carbocycles. The molecule has 0 aliphatic carbocycles. The van der Waals surface area contributed by atoms with Gasteiger partial charge in [-0.2, -0.15) is 5.10 Å². The van der Waals surface area contributed by atoms with Gasteiger partial charge in [-0.3, -0.25) is 4.79 Å². The molecule has 0 atom stereocenters. The zero-order valence-electron chi connectivity index (χ0n) is 10.1. The number of carbonyl (C=O) groups excluding carboxylic acids is 1. The van der Waals surface area contributed by atoms with E-state index in [1.165, 1.54) is 6.07 Å².